The Morgan fingerprint density at radius 3 is 2.42 bits per heavy atom. The number of hydrogen-bond donors (Lipinski definition) is 0. The molecular weight excluding hydrogens is 438 g/mol. The molecule has 1 aliphatic rings. The summed E-state index contributed by atoms with van der Waals surface area (Å²) in [4.78, 5) is 28.3. The number of carbonyl (C=O) groups excluding carboxylic acids is 2. The first-order valence-corrected chi connectivity index (χ1v) is 10.7. The Morgan fingerprint density at radius 2 is 1.74 bits per heavy atom. The number of hydrogen-bond acceptors (Lipinski definition) is 6. The molecule has 0 saturated heterocycles. The summed E-state index contributed by atoms with van der Waals surface area (Å²) in [6.45, 7) is 0. The average molecular weight is 456 g/mol. The van der Waals surface area contributed by atoms with Crippen molar-refractivity contribution in [1.82, 2.24) is 0 Å². The minimum Gasteiger partial charge on any atom is -0.493 e. The van der Waals surface area contributed by atoms with Crippen LogP contribution in [0, 0.1) is 0 Å². The number of ether oxygens (including phenoxy) is 2. The van der Waals surface area contributed by atoms with Crippen molar-refractivity contribution in [3.63, 3.8) is 0 Å². The standard InChI is InChI=1S/C23H18ClNO5S/c1-28-18-10-9-14(12-19(18)29-2)20-21(31-13-15-6-5-11-30-15)23(27)25(22(20)26)17-8-4-3-7-16(17)24/h3-12H,13H2,1-2H3. The molecule has 1 aromatic heterocycles. The third-order valence-electron chi connectivity index (χ3n) is 4.75. The molecule has 0 saturated carbocycles. The molecule has 2 aromatic carbocycles. The second-order valence-electron chi connectivity index (χ2n) is 6.54. The lowest BCUT2D eigenvalue weighted by atomic mass is 10.1. The fourth-order valence-corrected chi connectivity index (χ4v) is 4.52. The number of benzene rings is 2. The number of anilines is 1. The second-order valence-corrected chi connectivity index (χ2v) is 7.93. The molecule has 2 heterocycles. The van der Waals surface area contributed by atoms with Gasteiger partial charge in [0.1, 0.15) is 5.76 Å². The van der Waals surface area contributed by atoms with Gasteiger partial charge < -0.3 is 13.9 Å². The van der Waals surface area contributed by atoms with Crippen LogP contribution in [0.5, 0.6) is 11.5 Å². The van der Waals surface area contributed by atoms with Gasteiger partial charge in [0.2, 0.25) is 0 Å². The van der Waals surface area contributed by atoms with E-state index in [1.54, 1.807) is 54.8 Å². The zero-order valence-electron chi connectivity index (χ0n) is 16.8. The van der Waals surface area contributed by atoms with Gasteiger partial charge in [-0.05, 0) is 42.0 Å². The molecule has 0 N–H and O–H groups in total. The number of thioether (sulfide) groups is 1. The number of carbonyl (C=O) groups is 2. The van der Waals surface area contributed by atoms with Crippen LogP contribution in [0.1, 0.15) is 11.3 Å². The van der Waals surface area contributed by atoms with Gasteiger partial charge in [-0.3, -0.25) is 9.59 Å². The maximum atomic E-state index is 13.5. The van der Waals surface area contributed by atoms with E-state index >= 15 is 0 Å². The van der Waals surface area contributed by atoms with Crippen LogP contribution >= 0.6 is 23.4 Å². The van der Waals surface area contributed by atoms with Crippen molar-refractivity contribution in [3.05, 3.63) is 82.1 Å². The molecule has 0 spiro atoms. The van der Waals surface area contributed by atoms with E-state index in [1.165, 1.54) is 26.0 Å². The highest BCUT2D eigenvalue weighted by Crippen LogP contribution is 2.42. The van der Waals surface area contributed by atoms with Gasteiger partial charge in [0.25, 0.3) is 11.8 Å². The lowest BCUT2D eigenvalue weighted by Gasteiger charge is -2.16. The maximum absolute atomic E-state index is 13.5. The maximum Gasteiger partial charge on any atom is 0.272 e. The van der Waals surface area contributed by atoms with Crippen LogP contribution in [-0.4, -0.2) is 26.0 Å². The Morgan fingerprint density at radius 1 is 0.968 bits per heavy atom. The van der Waals surface area contributed by atoms with E-state index < -0.39 is 11.8 Å². The van der Waals surface area contributed by atoms with Crippen LogP contribution in [0.3, 0.4) is 0 Å². The van der Waals surface area contributed by atoms with E-state index in [9.17, 15) is 9.59 Å². The lowest BCUT2D eigenvalue weighted by molar-refractivity contribution is -0.119. The third kappa shape index (κ3) is 3.94. The fourth-order valence-electron chi connectivity index (χ4n) is 3.28. The molecule has 0 unspecified atom stereocenters. The smallest absolute Gasteiger partial charge is 0.272 e. The molecule has 2 amide bonds. The quantitative estimate of drug-likeness (QED) is 0.458. The SMILES string of the molecule is COc1ccc(C2=C(SCc3ccco3)C(=O)N(c3ccccc3Cl)C2=O)cc1OC. The van der Waals surface area contributed by atoms with Crippen molar-refractivity contribution in [2.24, 2.45) is 0 Å². The number of nitrogens with zero attached hydrogens (tertiary/aromatic N) is 1. The highest BCUT2D eigenvalue weighted by molar-refractivity contribution is 8.03. The Hall–Kier alpha value is -3.16. The van der Waals surface area contributed by atoms with Gasteiger partial charge in [0.15, 0.2) is 11.5 Å². The average Bonchev–Trinajstić information content (AvgIpc) is 3.38. The molecule has 158 valence electrons. The predicted molar refractivity (Wildman–Crippen MR) is 120 cm³/mol. The van der Waals surface area contributed by atoms with Gasteiger partial charge in [-0.2, -0.15) is 0 Å². The van der Waals surface area contributed by atoms with E-state index in [-0.39, 0.29) is 5.57 Å². The van der Waals surface area contributed by atoms with Gasteiger partial charge in [-0.1, -0.05) is 29.8 Å². The molecular formula is C23H18ClNO5S. The first-order chi connectivity index (χ1) is 15.0. The summed E-state index contributed by atoms with van der Waals surface area (Å²) in [6.07, 6.45) is 1.57. The molecule has 31 heavy (non-hydrogen) atoms. The highest BCUT2D eigenvalue weighted by atomic mass is 35.5. The lowest BCUT2D eigenvalue weighted by Crippen LogP contribution is -2.31. The zero-order valence-corrected chi connectivity index (χ0v) is 18.3. The van der Waals surface area contributed by atoms with Crippen molar-refractivity contribution in [2.75, 3.05) is 19.1 Å². The Balaban J connectivity index is 1.80. The van der Waals surface area contributed by atoms with Gasteiger partial charge in [-0.25, -0.2) is 4.90 Å². The van der Waals surface area contributed by atoms with Crippen molar-refractivity contribution < 1.29 is 23.5 Å². The van der Waals surface area contributed by atoms with Crippen molar-refractivity contribution in [1.29, 1.82) is 0 Å². The fraction of sp³-hybridized carbons (Fsp3) is 0.130. The first-order valence-electron chi connectivity index (χ1n) is 9.30. The van der Waals surface area contributed by atoms with Gasteiger partial charge >= 0.3 is 0 Å². The van der Waals surface area contributed by atoms with Crippen LogP contribution < -0.4 is 14.4 Å². The summed E-state index contributed by atoms with van der Waals surface area (Å²) in [5, 5.41) is 0.313. The highest BCUT2D eigenvalue weighted by Gasteiger charge is 2.41. The number of halogens is 1. The second kappa shape index (κ2) is 8.91. The molecule has 0 aliphatic carbocycles. The molecule has 6 nitrogen and oxygen atoms in total. The Kier molecular flexibility index (Phi) is 6.06. The molecule has 4 rings (SSSR count). The van der Waals surface area contributed by atoms with Gasteiger partial charge in [0, 0.05) is 0 Å². The van der Waals surface area contributed by atoms with Crippen molar-refractivity contribution >= 4 is 46.4 Å². The zero-order chi connectivity index (χ0) is 22.0. The largest absolute Gasteiger partial charge is 0.493 e. The third-order valence-corrected chi connectivity index (χ3v) is 6.16. The Bertz CT molecular complexity index is 1170. The monoisotopic (exact) mass is 455 g/mol. The Labute approximate surface area is 188 Å². The number of amides is 2. The van der Waals surface area contributed by atoms with Crippen LogP contribution in [0.15, 0.2) is 70.2 Å². The topological polar surface area (TPSA) is 69.0 Å². The first kappa shape index (κ1) is 21.1. The van der Waals surface area contributed by atoms with E-state index in [0.29, 0.717) is 44.2 Å². The van der Waals surface area contributed by atoms with E-state index in [1.807, 2.05) is 6.07 Å². The van der Waals surface area contributed by atoms with E-state index in [4.69, 9.17) is 25.5 Å². The summed E-state index contributed by atoms with van der Waals surface area (Å²) in [7, 11) is 3.05. The van der Waals surface area contributed by atoms with Gasteiger partial charge in [0.05, 0.1) is 47.4 Å². The summed E-state index contributed by atoms with van der Waals surface area (Å²) in [5.74, 6) is 1.19. The summed E-state index contributed by atoms with van der Waals surface area (Å²) in [6, 6.07) is 15.5. The summed E-state index contributed by atoms with van der Waals surface area (Å²) >= 11 is 7.54. The normalized spacial score (nSPS) is 13.8. The van der Waals surface area contributed by atoms with E-state index in [2.05, 4.69) is 0 Å². The predicted octanol–water partition coefficient (Wildman–Crippen LogP) is 5.17. The van der Waals surface area contributed by atoms with E-state index in [0.717, 1.165) is 4.90 Å². The molecule has 0 atom stereocenters. The molecule has 1 aliphatic heterocycles. The summed E-state index contributed by atoms with van der Waals surface area (Å²) < 4.78 is 16.1. The number of imide groups is 1. The van der Waals surface area contributed by atoms with Crippen molar-refractivity contribution in [2.45, 2.75) is 5.75 Å². The van der Waals surface area contributed by atoms with Gasteiger partial charge in [-0.15, -0.1) is 11.8 Å². The van der Waals surface area contributed by atoms with Crippen LogP contribution in [-0.2, 0) is 15.3 Å². The number of rotatable bonds is 7. The van der Waals surface area contributed by atoms with Crippen LogP contribution in [0.4, 0.5) is 5.69 Å². The van der Waals surface area contributed by atoms with Crippen LogP contribution in [0.25, 0.3) is 5.57 Å². The summed E-state index contributed by atoms with van der Waals surface area (Å²) in [5.41, 5.74) is 1.17. The number of furan rings is 1. The van der Waals surface area contributed by atoms with Crippen LogP contribution in [0.2, 0.25) is 5.02 Å². The minimum atomic E-state index is -0.452. The van der Waals surface area contributed by atoms with Crippen molar-refractivity contribution in [3.8, 4) is 11.5 Å². The minimum absolute atomic E-state index is 0.280. The molecule has 0 bridgehead atoms. The number of methoxy groups -OCH3 is 2. The molecule has 3 aromatic rings. The number of para-hydroxylation sites is 1. The molecule has 0 fully saturated rings. The molecule has 8 heteroatoms. The molecule has 0 radical (unpaired) electrons.